The van der Waals surface area contributed by atoms with Crippen LogP contribution >= 0.6 is 0 Å². The maximum absolute atomic E-state index is 5.36. The fourth-order valence-electron chi connectivity index (χ4n) is 1.72. The first-order valence-electron chi connectivity index (χ1n) is 5.44. The van der Waals surface area contributed by atoms with Crippen LogP contribution in [-0.2, 0) is 0 Å². The highest BCUT2D eigenvalue weighted by Crippen LogP contribution is 2.16. The third-order valence-electron chi connectivity index (χ3n) is 2.68. The number of hydrogen-bond acceptors (Lipinski definition) is 2. The van der Waals surface area contributed by atoms with Crippen molar-refractivity contribution in [3.8, 4) is 0 Å². The lowest BCUT2D eigenvalue weighted by Gasteiger charge is -2.24. The number of hydrogen-bond donors (Lipinski definition) is 1. The Morgan fingerprint density at radius 1 is 1.36 bits per heavy atom. The van der Waals surface area contributed by atoms with E-state index in [-0.39, 0.29) is 0 Å². The van der Waals surface area contributed by atoms with E-state index in [9.17, 15) is 0 Å². The van der Waals surface area contributed by atoms with E-state index in [4.69, 9.17) is 4.42 Å². The summed E-state index contributed by atoms with van der Waals surface area (Å²) in [6.07, 6.45) is 2.88. The van der Waals surface area contributed by atoms with Crippen LogP contribution in [-0.4, -0.2) is 6.04 Å². The van der Waals surface area contributed by atoms with Gasteiger partial charge in [0.15, 0.2) is 0 Å². The summed E-state index contributed by atoms with van der Waals surface area (Å²) in [5, 5.41) is 3.57. The van der Waals surface area contributed by atoms with E-state index in [1.165, 1.54) is 0 Å². The van der Waals surface area contributed by atoms with Crippen molar-refractivity contribution in [1.29, 1.82) is 0 Å². The van der Waals surface area contributed by atoms with E-state index in [1.54, 1.807) is 6.26 Å². The Morgan fingerprint density at radius 2 is 2.07 bits per heavy atom. The van der Waals surface area contributed by atoms with E-state index in [2.05, 4.69) is 33.0 Å². The van der Waals surface area contributed by atoms with Gasteiger partial charge in [0, 0.05) is 6.04 Å². The lowest BCUT2D eigenvalue weighted by molar-refractivity contribution is 0.328. The molecule has 1 unspecified atom stereocenters. The van der Waals surface area contributed by atoms with Crippen molar-refractivity contribution < 1.29 is 4.42 Å². The Labute approximate surface area is 86.7 Å². The van der Waals surface area contributed by atoms with Gasteiger partial charge in [-0.15, -0.1) is 0 Å². The molecule has 1 rings (SSSR count). The summed E-state index contributed by atoms with van der Waals surface area (Å²) < 4.78 is 5.36. The van der Waals surface area contributed by atoms with Gasteiger partial charge in [-0.05, 0) is 31.4 Å². The molecule has 0 radical (unpaired) electrons. The first kappa shape index (κ1) is 11.3. The van der Waals surface area contributed by atoms with Crippen LogP contribution in [0.4, 0.5) is 0 Å². The van der Waals surface area contributed by atoms with Gasteiger partial charge in [0.25, 0.3) is 0 Å². The van der Waals surface area contributed by atoms with Gasteiger partial charge >= 0.3 is 0 Å². The number of nitrogens with one attached hydrogen (secondary N) is 1. The van der Waals surface area contributed by atoms with Gasteiger partial charge < -0.3 is 9.73 Å². The molecular formula is C12H21NO. The Hall–Kier alpha value is -0.760. The van der Waals surface area contributed by atoms with Gasteiger partial charge in [-0.25, -0.2) is 0 Å². The second kappa shape index (κ2) is 5.20. The highest BCUT2D eigenvalue weighted by molar-refractivity contribution is 5.03. The Bertz CT molecular complexity index is 241. The molecule has 0 aliphatic heterocycles. The van der Waals surface area contributed by atoms with E-state index >= 15 is 0 Å². The standard InChI is InChI=1S/C12H21NO/c1-5-11(9(2)3)13-10(4)12-7-6-8-14-12/h6-11,13H,5H2,1-4H3/t10-,11?/m0/s1. The Kier molecular flexibility index (Phi) is 4.21. The zero-order valence-electron chi connectivity index (χ0n) is 9.58. The molecule has 1 aromatic heterocycles. The van der Waals surface area contributed by atoms with E-state index in [0.717, 1.165) is 12.2 Å². The summed E-state index contributed by atoms with van der Waals surface area (Å²) in [6, 6.07) is 4.82. The third kappa shape index (κ3) is 2.88. The first-order chi connectivity index (χ1) is 6.65. The van der Waals surface area contributed by atoms with Crippen molar-refractivity contribution in [2.45, 2.75) is 46.2 Å². The van der Waals surface area contributed by atoms with Gasteiger partial charge in [0.05, 0.1) is 12.3 Å². The molecule has 2 heteroatoms. The normalized spacial score (nSPS) is 15.8. The van der Waals surface area contributed by atoms with E-state index in [0.29, 0.717) is 18.0 Å². The molecule has 2 nitrogen and oxygen atoms in total. The number of rotatable bonds is 5. The zero-order chi connectivity index (χ0) is 10.6. The predicted molar refractivity (Wildman–Crippen MR) is 59.2 cm³/mol. The molecule has 1 aromatic rings. The minimum absolute atomic E-state index is 0.303. The van der Waals surface area contributed by atoms with Crippen LogP contribution in [0.5, 0.6) is 0 Å². The van der Waals surface area contributed by atoms with Gasteiger partial charge in [-0.1, -0.05) is 20.8 Å². The first-order valence-corrected chi connectivity index (χ1v) is 5.44. The summed E-state index contributed by atoms with van der Waals surface area (Å²) in [5.74, 6) is 1.68. The Balaban J connectivity index is 2.51. The van der Waals surface area contributed by atoms with Gasteiger partial charge in [0.1, 0.15) is 5.76 Å². The third-order valence-corrected chi connectivity index (χ3v) is 2.68. The molecule has 80 valence electrons. The lowest BCUT2D eigenvalue weighted by Crippen LogP contribution is -2.34. The van der Waals surface area contributed by atoms with Crippen LogP contribution < -0.4 is 5.32 Å². The van der Waals surface area contributed by atoms with Crippen molar-refractivity contribution in [2.24, 2.45) is 5.92 Å². The van der Waals surface area contributed by atoms with Crippen molar-refractivity contribution in [3.05, 3.63) is 24.2 Å². The van der Waals surface area contributed by atoms with Crippen molar-refractivity contribution in [3.63, 3.8) is 0 Å². The average molecular weight is 195 g/mol. The van der Waals surface area contributed by atoms with Crippen LogP contribution in [0, 0.1) is 5.92 Å². The highest BCUT2D eigenvalue weighted by atomic mass is 16.3. The highest BCUT2D eigenvalue weighted by Gasteiger charge is 2.15. The fraction of sp³-hybridized carbons (Fsp3) is 0.667. The minimum Gasteiger partial charge on any atom is -0.468 e. The molecule has 0 saturated carbocycles. The summed E-state index contributed by atoms with van der Waals surface area (Å²) >= 11 is 0. The summed E-state index contributed by atoms with van der Waals surface area (Å²) in [5.41, 5.74) is 0. The summed E-state index contributed by atoms with van der Waals surface area (Å²) in [4.78, 5) is 0. The minimum atomic E-state index is 0.303. The molecule has 0 aromatic carbocycles. The van der Waals surface area contributed by atoms with Gasteiger partial charge in [0.2, 0.25) is 0 Å². The molecule has 1 N–H and O–H groups in total. The average Bonchev–Trinajstić information content (AvgIpc) is 2.65. The second-order valence-corrected chi connectivity index (χ2v) is 4.16. The molecule has 0 saturated heterocycles. The van der Waals surface area contributed by atoms with Gasteiger partial charge in [-0.3, -0.25) is 0 Å². The topological polar surface area (TPSA) is 25.2 Å². The predicted octanol–water partition coefficient (Wildman–Crippen LogP) is 3.36. The summed E-state index contributed by atoms with van der Waals surface area (Å²) in [7, 11) is 0. The van der Waals surface area contributed by atoms with Crippen LogP contribution in [0.25, 0.3) is 0 Å². The molecule has 2 atom stereocenters. The molecule has 0 bridgehead atoms. The molecule has 0 aliphatic rings. The van der Waals surface area contributed by atoms with Crippen LogP contribution in [0.3, 0.4) is 0 Å². The maximum Gasteiger partial charge on any atom is 0.120 e. The smallest absolute Gasteiger partial charge is 0.120 e. The molecule has 0 spiro atoms. The molecule has 0 amide bonds. The largest absolute Gasteiger partial charge is 0.468 e. The maximum atomic E-state index is 5.36. The van der Waals surface area contributed by atoms with E-state index in [1.807, 2.05) is 12.1 Å². The quantitative estimate of drug-likeness (QED) is 0.779. The van der Waals surface area contributed by atoms with Crippen LogP contribution in [0.15, 0.2) is 22.8 Å². The van der Waals surface area contributed by atoms with Crippen molar-refractivity contribution in [2.75, 3.05) is 0 Å². The summed E-state index contributed by atoms with van der Waals surface area (Å²) in [6.45, 7) is 8.85. The van der Waals surface area contributed by atoms with Crippen molar-refractivity contribution >= 4 is 0 Å². The van der Waals surface area contributed by atoms with E-state index < -0.39 is 0 Å². The number of furan rings is 1. The SMILES string of the molecule is CCC(N[C@@H](C)c1ccco1)C(C)C. The lowest BCUT2D eigenvalue weighted by atomic mass is 10.0. The molecule has 0 fully saturated rings. The molecule has 0 aliphatic carbocycles. The second-order valence-electron chi connectivity index (χ2n) is 4.16. The Morgan fingerprint density at radius 3 is 2.50 bits per heavy atom. The monoisotopic (exact) mass is 195 g/mol. The van der Waals surface area contributed by atoms with Crippen LogP contribution in [0.1, 0.15) is 45.9 Å². The molecule has 14 heavy (non-hydrogen) atoms. The van der Waals surface area contributed by atoms with Crippen molar-refractivity contribution in [1.82, 2.24) is 5.32 Å². The van der Waals surface area contributed by atoms with Crippen LogP contribution in [0.2, 0.25) is 0 Å². The van der Waals surface area contributed by atoms with Gasteiger partial charge in [-0.2, -0.15) is 0 Å². The molecule has 1 heterocycles. The zero-order valence-corrected chi connectivity index (χ0v) is 9.58. The molecular weight excluding hydrogens is 174 g/mol. The fourth-order valence-corrected chi connectivity index (χ4v) is 1.72.